The summed E-state index contributed by atoms with van der Waals surface area (Å²) in [5.41, 5.74) is 0. The van der Waals surface area contributed by atoms with Gasteiger partial charge in [0.05, 0.1) is 0 Å². The molecule has 0 amide bonds. The number of nitrogens with one attached hydrogen (secondary N) is 1. The average Bonchev–Trinajstić information content (AvgIpc) is 3.20. The smallest absolute Gasteiger partial charge is 0.193 e. The van der Waals surface area contributed by atoms with E-state index < -0.39 is 0 Å². The molecule has 2 fully saturated rings. The van der Waals surface area contributed by atoms with Gasteiger partial charge < -0.3 is 10.1 Å². The number of ether oxygens (including phenoxy) is 1. The Kier molecular flexibility index (Phi) is 4.60. The molecule has 0 aromatic carbocycles. The minimum Gasteiger partial charge on any atom is -0.447 e. The van der Waals surface area contributed by atoms with Gasteiger partial charge in [-0.05, 0) is 44.7 Å². The molecule has 17 heavy (non-hydrogen) atoms. The molecule has 1 saturated carbocycles. The van der Waals surface area contributed by atoms with Crippen LogP contribution in [0.15, 0.2) is 16.8 Å². The number of hydrogen-bond donors (Lipinski definition) is 1. The Bertz CT molecular complexity index is 299. The standard InChI is InChI=1S/C14H24N2O/c1-3-5-13(11-7-8-11)17-14(15-2)12-6-4-9-16-10-12/h5,11-12,16H,3-4,6-10H2,1-2H3/b13-5-,15-14?. The van der Waals surface area contributed by atoms with Gasteiger partial charge in [0.2, 0.25) is 0 Å². The molecule has 0 aromatic heterocycles. The summed E-state index contributed by atoms with van der Waals surface area (Å²) in [5, 5.41) is 3.42. The normalized spacial score (nSPS) is 27.1. The summed E-state index contributed by atoms with van der Waals surface area (Å²) in [5.74, 6) is 3.23. The zero-order valence-electron chi connectivity index (χ0n) is 11.0. The summed E-state index contributed by atoms with van der Waals surface area (Å²) in [6.07, 6.45) is 8.26. The third-order valence-electron chi connectivity index (χ3n) is 3.47. The van der Waals surface area contributed by atoms with Gasteiger partial charge in [0.15, 0.2) is 5.90 Å². The third kappa shape index (κ3) is 3.56. The zero-order valence-corrected chi connectivity index (χ0v) is 11.0. The Morgan fingerprint density at radius 3 is 2.71 bits per heavy atom. The Balaban J connectivity index is 1.95. The molecule has 0 aromatic rings. The highest BCUT2D eigenvalue weighted by Gasteiger charge is 2.30. The predicted molar refractivity (Wildman–Crippen MR) is 71.1 cm³/mol. The predicted octanol–water partition coefficient (Wildman–Crippen LogP) is 2.73. The zero-order chi connectivity index (χ0) is 12.1. The summed E-state index contributed by atoms with van der Waals surface area (Å²) < 4.78 is 6.07. The van der Waals surface area contributed by atoms with Crippen molar-refractivity contribution in [2.45, 2.75) is 39.0 Å². The first-order valence-corrected chi connectivity index (χ1v) is 6.90. The van der Waals surface area contributed by atoms with Gasteiger partial charge in [-0.3, -0.25) is 4.99 Å². The maximum atomic E-state index is 6.07. The molecule has 0 spiro atoms. The molecule has 1 heterocycles. The third-order valence-corrected chi connectivity index (χ3v) is 3.47. The second-order valence-electron chi connectivity index (χ2n) is 5.00. The van der Waals surface area contributed by atoms with Crippen LogP contribution in [0.5, 0.6) is 0 Å². The SMILES string of the molecule is CC/C=C(\OC(=NC)C1CCCNC1)C1CC1. The first kappa shape index (κ1) is 12.6. The van der Waals surface area contributed by atoms with E-state index in [0.29, 0.717) is 11.8 Å². The Labute approximate surface area is 104 Å². The average molecular weight is 236 g/mol. The molecule has 3 nitrogen and oxygen atoms in total. The van der Waals surface area contributed by atoms with Crippen LogP contribution in [0, 0.1) is 11.8 Å². The van der Waals surface area contributed by atoms with Crippen molar-refractivity contribution in [3.63, 3.8) is 0 Å². The van der Waals surface area contributed by atoms with Crippen molar-refractivity contribution in [1.29, 1.82) is 0 Å². The van der Waals surface area contributed by atoms with E-state index in [1.807, 2.05) is 7.05 Å². The molecule has 0 radical (unpaired) electrons. The second kappa shape index (κ2) is 6.20. The Morgan fingerprint density at radius 1 is 1.35 bits per heavy atom. The number of hydrogen-bond acceptors (Lipinski definition) is 3. The quantitative estimate of drug-likeness (QED) is 0.462. The van der Waals surface area contributed by atoms with Crippen molar-refractivity contribution in [2.24, 2.45) is 16.8 Å². The molecule has 1 unspecified atom stereocenters. The summed E-state index contributed by atoms with van der Waals surface area (Å²) in [4.78, 5) is 4.36. The molecule has 1 saturated heterocycles. The lowest BCUT2D eigenvalue weighted by Crippen LogP contribution is -2.35. The summed E-state index contributed by atoms with van der Waals surface area (Å²) >= 11 is 0. The van der Waals surface area contributed by atoms with Crippen LogP contribution in [0.25, 0.3) is 0 Å². The van der Waals surface area contributed by atoms with E-state index in [4.69, 9.17) is 4.74 Å². The van der Waals surface area contributed by atoms with E-state index in [1.54, 1.807) is 0 Å². The molecule has 2 rings (SSSR count). The summed E-state index contributed by atoms with van der Waals surface area (Å²) in [6.45, 7) is 4.31. The van der Waals surface area contributed by atoms with Crippen LogP contribution in [0.2, 0.25) is 0 Å². The van der Waals surface area contributed by atoms with Crippen LogP contribution in [0.1, 0.15) is 39.0 Å². The van der Waals surface area contributed by atoms with Gasteiger partial charge in [-0.15, -0.1) is 0 Å². The largest absolute Gasteiger partial charge is 0.447 e. The lowest BCUT2D eigenvalue weighted by atomic mass is 9.99. The topological polar surface area (TPSA) is 33.6 Å². The first-order chi connectivity index (χ1) is 8.35. The molecule has 2 aliphatic rings. The fourth-order valence-corrected chi connectivity index (χ4v) is 2.36. The molecule has 1 aliphatic carbocycles. The lowest BCUT2D eigenvalue weighted by Gasteiger charge is -2.24. The highest BCUT2D eigenvalue weighted by molar-refractivity contribution is 5.80. The number of piperidine rings is 1. The minimum atomic E-state index is 0.466. The van der Waals surface area contributed by atoms with Gasteiger partial charge in [0.1, 0.15) is 5.76 Å². The van der Waals surface area contributed by atoms with Gasteiger partial charge in [-0.2, -0.15) is 0 Å². The molecular formula is C14H24N2O. The number of aliphatic imine (C=N–C) groups is 1. The van der Waals surface area contributed by atoms with Crippen LogP contribution < -0.4 is 5.32 Å². The molecule has 1 N–H and O–H groups in total. The van der Waals surface area contributed by atoms with Gasteiger partial charge in [-0.25, -0.2) is 0 Å². The van der Waals surface area contributed by atoms with Crippen LogP contribution >= 0.6 is 0 Å². The van der Waals surface area contributed by atoms with Crippen molar-refractivity contribution in [2.75, 3.05) is 20.1 Å². The van der Waals surface area contributed by atoms with Crippen LogP contribution in [0.3, 0.4) is 0 Å². The Morgan fingerprint density at radius 2 is 2.18 bits per heavy atom. The molecule has 3 heteroatoms. The first-order valence-electron chi connectivity index (χ1n) is 6.90. The molecule has 1 atom stereocenters. The highest BCUT2D eigenvalue weighted by atomic mass is 16.5. The maximum Gasteiger partial charge on any atom is 0.193 e. The highest BCUT2D eigenvalue weighted by Crippen LogP contribution is 2.37. The van der Waals surface area contributed by atoms with Crippen molar-refractivity contribution in [3.8, 4) is 0 Å². The van der Waals surface area contributed by atoms with Crippen molar-refractivity contribution < 1.29 is 4.74 Å². The maximum absolute atomic E-state index is 6.07. The van der Waals surface area contributed by atoms with Crippen molar-refractivity contribution in [1.82, 2.24) is 5.32 Å². The lowest BCUT2D eigenvalue weighted by molar-refractivity contribution is 0.325. The van der Waals surface area contributed by atoms with E-state index in [9.17, 15) is 0 Å². The number of nitrogens with zero attached hydrogens (tertiary/aromatic N) is 1. The molecule has 1 aliphatic heterocycles. The van der Waals surface area contributed by atoms with E-state index in [2.05, 4.69) is 23.3 Å². The van der Waals surface area contributed by atoms with Crippen LogP contribution in [0.4, 0.5) is 0 Å². The minimum absolute atomic E-state index is 0.466. The molecular weight excluding hydrogens is 212 g/mol. The van der Waals surface area contributed by atoms with Gasteiger partial charge >= 0.3 is 0 Å². The van der Waals surface area contributed by atoms with Crippen molar-refractivity contribution in [3.05, 3.63) is 11.8 Å². The van der Waals surface area contributed by atoms with Crippen LogP contribution in [-0.2, 0) is 4.74 Å². The summed E-state index contributed by atoms with van der Waals surface area (Å²) in [7, 11) is 1.85. The fraction of sp³-hybridized carbons (Fsp3) is 0.786. The monoisotopic (exact) mass is 236 g/mol. The Hall–Kier alpha value is -0.830. The van der Waals surface area contributed by atoms with Gasteiger partial charge in [0, 0.05) is 25.4 Å². The van der Waals surface area contributed by atoms with Gasteiger partial charge in [0.25, 0.3) is 0 Å². The number of allylic oxidation sites excluding steroid dienone is 2. The van der Waals surface area contributed by atoms with E-state index in [-0.39, 0.29) is 0 Å². The van der Waals surface area contributed by atoms with Crippen LogP contribution in [-0.4, -0.2) is 26.0 Å². The van der Waals surface area contributed by atoms with E-state index >= 15 is 0 Å². The van der Waals surface area contributed by atoms with Crippen molar-refractivity contribution >= 4 is 5.90 Å². The fourth-order valence-electron chi connectivity index (χ4n) is 2.36. The number of rotatable bonds is 4. The summed E-state index contributed by atoms with van der Waals surface area (Å²) in [6, 6.07) is 0. The second-order valence-corrected chi connectivity index (χ2v) is 5.00. The molecule has 0 bridgehead atoms. The van der Waals surface area contributed by atoms with E-state index in [1.165, 1.54) is 31.4 Å². The van der Waals surface area contributed by atoms with Gasteiger partial charge in [-0.1, -0.05) is 6.92 Å². The van der Waals surface area contributed by atoms with E-state index in [0.717, 1.165) is 25.4 Å². The molecule has 96 valence electrons.